The van der Waals surface area contributed by atoms with Gasteiger partial charge in [0, 0.05) is 42.8 Å². The number of carbonyl (C=O) groups is 1. The molecule has 0 radical (unpaired) electrons. The lowest BCUT2D eigenvalue weighted by molar-refractivity contribution is 0.102. The second-order valence-corrected chi connectivity index (χ2v) is 9.07. The molecule has 1 aliphatic heterocycles. The summed E-state index contributed by atoms with van der Waals surface area (Å²) in [6.45, 7) is 0.804. The van der Waals surface area contributed by atoms with Crippen molar-refractivity contribution in [1.82, 2.24) is 0 Å². The summed E-state index contributed by atoms with van der Waals surface area (Å²) in [6.07, 6.45) is 0. The Morgan fingerprint density at radius 2 is 1.47 bits per heavy atom. The largest absolute Gasteiger partial charge is 0.486 e. The molecule has 8 nitrogen and oxygen atoms in total. The number of nitrogens with zero attached hydrogens (tertiary/aromatic N) is 1. The zero-order chi connectivity index (χ0) is 22.7. The maximum atomic E-state index is 12.7. The van der Waals surface area contributed by atoms with E-state index < -0.39 is 10.0 Å². The van der Waals surface area contributed by atoms with Crippen molar-refractivity contribution in [2.45, 2.75) is 4.90 Å². The van der Waals surface area contributed by atoms with Gasteiger partial charge < -0.3 is 19.7 Å². The average molecular weight is 454 g/mol. The first kappa shape index (κ1) is 21.5. The smallest absolute Gasteiger partial charge is 0.262 e. The van der Waals surface area contributed by atoms with E-state index in [1.807, 2.05) is 31.1 Å². The van der Waals surface area contributed by atoms with Crippen LogP contribution < -0.4 is 24.4 Å². The quantitative estimate of drug-likeness (QED) is 0.592. The Kier molecular flexibility index (Phi) is 5.91. The zero-order valence-corrected chi connectivity index (χ0v) is 18.5. The Morgan fingerprint density at radius 3 is 2.12 bits per heavy atom. The summed E-state index contributed by atoms with van der Waals surface area (Å²) in [5.41, 5.74) is 2.44. The van der Waals surface area contributed by atoms with Gasteiger partial charge in [-0.25, -0.2) is 8.42 Å². The zero-order valence-electron chi connectivity index (χ0n) is 17.7. The molecule has 9 heteroatoms. The van der Waals surface area contributed by atoms with Crippen molar-refractivity contribution in [2.75, 3.05) is 42.2 Å². The fourth-order valence-corrected chi connectivity index (χ4v) is 4.21. The van der Waals surface area contributed by atoms with Gasteiger partial charge in [0.25, 0.3) is 15.9 Å². The van der Waals surface area contributed by atoms with Gasteiger partial charge in [-0.15, -0.1) is 0 Å². The van der Waals surface area contributed by atoms with E-state index >= 15 is 0 Å². The molecule has 4 rings (SSSR count). The predicted molar refractivity (Wildman–Crippen MR) is 123 cm³/mol. The Morgan fingerprint density at radius 1 is 0.844 bits per heavy atom. The van der Waals surface area contributed by atoms with Crippen LogP contribution in [0.2, 0.25) is 0 Å². The number of fused-ring (bicyclic) bond motifs is 1. The van der Waals surface area contributed by atoms with Gasteiger partial charge in [-0.3, -0.25) is 9.52 Å². The number of carbonyl (C=O) groups excluding carboxylic acids is 1. The van der Waals surface area contributed by atoms with Crippen LogP contribution in [0, 0.1) is 0 Å². The van der Waals surface area contributed by atoms with Crippen LogP contribution in [-0.4, -0.2) is 41.6 Å². The highest BCUT2D eigenvalue weighted by molar-refractivity contribution is 7.92. The first-order valence-corrected chi connectivity index (χ1v) is 11.4. The number of hydrogen-bond donors (Lipinski definition) is 2. The molecule has 0 saturated heterocycles. The van der Waals surface area contributed by atoms with Gasteiger partial charge in [0.05, 0.1) is 4.90 Å². The third-order valence-electron chi connectivity index (χ3n) is 4.86. The normalized spacial score (nSPS) is 12.7. The molecule has 2 N–H and O–H groups in total. The van der Waals surface area contributed by atoms with E-state index in [0.29, 0.717) is 41.7 Å². The predicted octanol–water partition coefficient (Wildman–Crippen LogP) is 3.58. The van der Waals surface area contributed by atoms with Crippen LogP contribution in [0.15, 0.2) is 71.6 Å². The van der Waals surface area contributed by atoms with Crippen molar-refractivity contribution in [2.24, 2.45) is 0 Å². The van der Waals surface area contributed by atoms with Gasteiger partial charge in [-0.1, -0.05) is 0 Å². The molecule has 0 saturated carbocycles. The summed E-state index contributed by atoms with van der Waals surface area (Å²) in [6, 6.07) is 18.1. The molecular formula is C23H23N3O5S. The molecule has 166 valence electrons. The van der Waals surface area contributed by atoms with Crippen LogP contribution >= 0.6 is 0 Å². The fraction of sp³-hybridized carbons (Fsp3) is 0.174. The number of ether oxygens (including phenoxy) is 2. The molecule has 1 amide bonds. The summed E-state index contributed by atoms with van der Waals surface area (Å²) < 4.78 is 38.9. The van der Waals surface area contributed by atoms with E-state index in [2.05, 4.69) is 10.0 Å². The van der Waals surface area contributed by atoms with E-state index in [9.17, 15) is 13.2 Å². The molecule has 0 spiro atoms. The Hall–Kier alpha value is -3.72. The lowest BCUT2D eigenvalue weighted by atomic mass is 10.2. The van der Waals surface area contributed by atoms with E-state index in [1.165, 1.54) is 12.1 Å². The SMILES string of the molecule is CN(C)c1ccc(C(=O)Nc2ccc(NS(=O)(=O)c3ccc4c(c3)OCCO4)cc2)cc1. The van der Waals surface area contributed by atoms with Crippen LogP contribution in [0.3, 0.4) is 0 Å². The van der Waals surface area contributed by atoms with Crippen LogP contribution in [0.5, 0.6) is 11.5 Å². The summed E-state index contributed by atoms with van der Waals surface area (Å²) in [5.74, 6) is 0.669. The third kappa shape index (κ3) is 4.78. The van der Waals surface area contributed by atoms with Crippen LogP contribution in [0.25, 0.3) is 0 Å². The number of anilines is 3. The second-order valence-electron chi connectivity index (χ2n) is 7.38. The van der Waals surface area contributed by atoms with Crippen molar-refractivity contribution < 1.29 is 22.7 Å². The van der Waals surface area contributed by atoms with Gasteiger partial charge in [0.2, 0.25) is 0 Å². The van der Waals surface area contributed by atoms with E-state index in [0.717, 1.165) is 5.69 Å². The lowest BCUT2D eigenvalue weighted by Gasteiger charge is -2.19. The fourth-order valence-electron chi connectivity index (χ4n) is 3.14. The van der Waals surface area contributed by atoms with Gasteiger partial charge in [-0.2, -0.15) is 0 Å². The third-order valence-corrected chi connectivity index (χ3v) is 6.24. The minimum atomic E-state index is -3.81. The summed E-state index contributed by atoms with van der Waals surface area (Å²) in [7, 11) is 0.0447. The lowest BCUT2D eigenvalue weighted by Crippen LogP contribution is -2.17. The maximum absolute atomic E-state index is 12.7. The molecule has 0 atom stereocenters. The Bertz CT molecular complexity index is 1220. The average Bonchev–Trinajstić information content (AvgIpc) is 2.80. The van der Waals surface area contributed by atoms with E-state index in [1.54, 1.807) is 42.5 Å². The molecule has 1 aliphatic rings. The van der Waals surface area contributed by atoms with Crippen LogP contribution in [0.4, 0.5) is 17.1 Å². The number of hydrogen-bond acceptors (Lipinski definition) is 6. The molecule has 3 aromatic carbocycles. The number of rotatable bonds is 6. The number of benzene rings is 3. The second kappa shape index (κ2) is 8.80. The van der Waals surface area contributed by atoms with Gasteiger partial charge in [-0.05, 0) is 60.7 Å². The Labute approximate surface area is 186 Å². The number of sulfonamides is 1. The molecular weight excluding hydrogens is 430 g/mol. The topological polar surface area (TPSA) is 97.0 Å². The van der Waals surface area contributed by atoms with Gasteiger partial charge >= 0.3 is 0 Å². The highest BCUT2D eigenvalue weighted by Gasteiger charge is 2.19. The van der Waals surface area contributed by atoms with Crippen molar-refractivity contribution in [3.63, 3.8) is 0 Å². The highest BCUT2D eigenvalue weighted by atomic mass is 32.2. The van der Waals surface area contributed by atoms with Gasteiger partial charge in [0.1, 0.15) is 13.2 Å². The van der Waals surface area contributed by atoms with Gasteiger partial charge in [0.15, 0.2) is 11.5 Å². The van der Waals surface area contributed by atoms with Crippen LogP contribution in [-0.2, 0) is 10.0 Å². The van der Waals surface area contributed by atoms with Crippen molar-refractivity contribution in [1.29, 1.82) is 0 Å². The van der Waals surface area contributed by atoms with Crippen LogP contribution in [0.1, 0.15) is 10.4 Å². The van der Waals surface area contributed by atoms with E-state index in [4.69, 9.17) is 9.47 Å². The monoisotopic (exact) mass is 453 g/mol. The first-order chi connectivity index (χ1) is 15.3. The van der Waals surface area contributed by atoms with E-state index in [-0.39, 0.29) is 10.8 Å². The number of nitrogens with one attached hydrogen (secondary N) is 2. The minimum absolute atomic E-state index is 0.0697. The van der Waals surface area contributed by atoms with Crippen molar-refractivity contribution in [3.8, 4) is 11.5 Å². The molecule has 0 aliphatic carbocycles. The first-order valence-electron chi connectivity index (χ1n) is 9.93. The summed E-state index contributed by atoms with van der Waals surface area (Å²) in [4.78, 5) is 14.5. The summed E-state index contributed by atoms with van der Waals surface area (Å²) in [5, 5.41) is 2.80. The van der Waals surface area contributed by atoms with Crippen molar-refractivity contribution >= 4 is 33.0 Å². The minimum Gasteiger partial charge on any atom is -0.486 e. The molecule has 32 heavy (non-hydrogen) atoms. The van der Waals surface area contributed by atoms with Crippen molar-refractivity contribution in [3.05, 3.63) is 72.3 Å². The standard InChI is InChI=1S/C23H23N3O5S/c1-26(2)19-9-3-16(4-10-19)23(27)24-17-5-7-18(8-6-17)25-32(28,29)20-11-12-21-22(15-20)31-14-13-30-21/h3-12,15,25H,13-14H2,1-2H3,(H,24,27). The molecule has 0 aromatic heterocycles. The maximum Gasteiger partial charge on any atom is 0.262 e. The summed E-state index contributed by atoms with van der Waals surface area (Å²) >= 11 is 0. The molecule has 0 fully saturated rings. The molecule has 0 bridgehead atoms. The molecule has 3 aromatic rings. The molecule has 0 unspecified atom stereocenters. The number of amides is 1. The Balaban J connectivity index is 1.42. The highest BCUT2D eigenvalue weighted by Crippen LogP contribution is 2.32. The molecule has 1 heterocycles.